The standard InChI is InChI=1S/C12H10N4OS/c13-10(8-4-2-1-3-5-8)12-15-11(16-17-12)9-6-14-7-18-9/h1-7,10H,13H2/t10-/m0/s1. The molecule has 6 heteroatoms. The van der Waals surface area contributed by atoms with E-state index in [9.17, 15) is 0 Å². The molecule has 2 heterocycles. The third-order valence-corrected chi connectivity index (χ3v) is 3.29. The molecular formula is C12H10N4OS. The molecular weight excluding hydrogens is 248 g/mol. The Morgan fingerprint density at radius 3 is 2.78 bits per heavy atom. The fraction of sp³-hybridized carbons (Fsp3) is 0.0833. The molecule has 1 aromatic carbocycles. The van der Waals surface area contributed by atoms with Crippen molar-refractivity contribution in [1.29, 1.82) is 0 Å². The molecule has 90 valence electrons. The van der Waals surface area contributed by atoms with Gasteiger partial charge in [0.15, 0.2) is 0 Å². The molecule has 0 saturated carbocycles. The van der Waals surface area contributed by atoms with E-state index in [-0.39, 0.29) is 0 Å². The number of rotatable bonds is 3. The summed E-state index contributed by atoms with van der Waals surface area (Å²) in [5.41, 5.74) is 8.74. The molecule has 2 aromatic heterocycles. The zero-order chi connectivity index (χ0) is 12.4. The maximum atomic E-state index is 6.07. The molecule has 0 spiro atoms. The first-order valence-corrected chi connectivity index (χ1v) is 6.25. The van der Waals surface area contributed by atoms with Crippen molar-refractivity contribution < 1.29 is 4.52 Å². The number of hydrogen-bond donors (Lipinski definition) is 1. The van der Waals surface area contributed by atoms with Gasteiger partial charge in [0.05, 0.1) is 10.4 Å². The lowest BCUT2D eigenvalue weighted by atomic mass is 10.1. The smallest absolute Gasteiger partial charge is 0.248 e. The van der Waals surface area contributed by atoms with Crippen LogP contribution in [0.4, 0.5) is 0 Å². The summed E-state index contributed by atoms with van der Waals surface area (Å²) in [4.78, 5) is 9.14. The van der Waals surface area contributed by atoms with E-state index in [1.165, 1.54) is 11.3 Å². The average molecular weight is 258 g/mol. The van der Waals surface area contributed by atoms with E-state index < -0.39 is 6.04 Å². The van der Waals surface area contributed by atoms with E-state index in [2.05, 4.69) is 15.1 Å². The first kappa shape index (κ1) is 11.1. The summed E-state index contributed by atoms with van der Waals surface area (Å²) in [5, 5.41) is 3.91. The summed E-state index contributed by atoms with van der Waals surface area (Å²) in [7, 11) is 0. The molecule has 0 bridgehead atoms. The second kappa shape index (κ2) is 4.67. The molecule has 1 atom stereocenters. The fourth-order valence-corrected chi connectivity index (χ4v) is 2.14. The van der Waals surface area contributed by atoms with Crippen molar-refractivity contribution in [2.45, 2.75) is 6.04 Å². The van der Waals surface area contributed by atoms with Gasteiger partial charge in [-0.1, -0.05) is 35.5 Å². The van der Waals surface area contributed by atoms with Crippen molar-refractivity contribution in [2.24, 2.45) is 5.73 Å². The van der Waals surface area contributed by atoms with Crippen LogP contribution in [-0.4, -0.2) is 15.1 Å². The van der Waals surface area contributed by atoms with E-state index >= 15 is 0 Å². The highest BCUT2D eigenvalue weighted by Gasteiger charge is 2.17. The Morgan fingerprint density at radius 2 is 2.06 bits per heavy atom. The molecule has 3 rings (SSSR count). The van der Waals surface area contributed by atoms with E-state index in [4.69, 9.17) is 10.3 Å². The normalized spacial score (nSPS) is 12.5. The Hall–Kier alpha value is -2.05. The maximum absolute atomic E-state index is 6.07. The summed E-state index contributed by atoms with van der Waals surface area (Å²) in [5.74, 6) is 0.934. The van der Waals surface area contributed by atoms with Gasteiger partial charge in [-0.3, -0.25) is 4.98 Å². The fourth-order valence-electron chi connectivity index (χ4n) is 1.59. The van der Waals surface area contributed by atoms with E-state index in [0.29, 0.717) is 11.7 Å². The van der Waals surface area contributed by atoms with Crippen LogP contribution >= 0.6 is 11.3 Å². The lowest BCUT2D eigenvalue weighted by molar-refractivity contribution is 0.367. The van der Waals surface area contributed by atoms with Gasteiger partial charge >= 0.3 is 0 Å². The van der Waals surface area contributed by atoms with Gasteiger partial charge < -0.3 is 10.3 Å². The van der Waals surface area contributed by atoms with Crippen LogP contribution < -0.4 is 5.73 Å². The van der Waals surface area contributed by atoms with E-state index in [1.807, 2.05) is 30.3 Å². The summed E-state index contributed by atoms with van der Waals surface area (Å²) < 4.78 is 5.20. The lowest BCUT2D eigenvalue weighted by Crippen LogP contribution is -2.11. The molecule has 0 fully saturated rings. The van der Waals surface area contributed by atoms with Crippen LogP contribution in [0.25, 0.3) is 10.7 Å². The minimum atomic E-state index is -0.402. The molecule has 0 aliphatic rings. The van der Waals surface area contributed by atoms with Gasteiger partial charge in [-0.2, -0.15) is 4.98 Å². The average Bonchev–Trinajstić information content (AvgIpc) is 3.09. The van der Waals surface area contributed by atoms with Crippen molar-refractivity contribution >= 4 is 11.3 Å². The van der Waals surface area contributed by atoms with Crippen LogP contribution in [0, 0.1) is 0 Å². The Bertz CT molecular complexity index is 621. The molecule has 2 N–H and O–H groups in total. The monoisotopic (exact) mass is 258 g/mol. The maximum Gasteiger partial charge on any atom is 0.248 e. The minimum absolute atomic E-state index is 0.402. The highest BCUT2D eigenvalue weighted by molar-refractivity contribution is 7.13. The summed E-state index contributed by atoms with van der Waals surface area (Å²) in [6.45, 7) is 0. The number of hydrogen-bond acceptors (Lipinski definition) is 6. The van der Waals surface area contributed by atoms with Crippen LogP contribution in [0.15, 0.2) is 46.6 Å². The minimum Gasteiger partial charge on any atom is -0.337 e. The predicted molar refractivity (Wildman–Crippen MR) is 67.9 cm³/mol. The Morgan fingerprint density at radius 1 is 1.22 bits per heavy atom. The molecule has 0 saturated heterocycles. The largest absolute Gasteiger partial charge is 0.337 e. The van der Waals surface area contributed by atoms with Crippen molar-refractivity contribution in [3.8, 4) is 10.7 Å². The van der Waals surface area contributed by atoms with Crippen LogP contribution in [0.1, 0.15) is 17.5 Å². The second-order valence-electron chi connectivity index (χ2n) is 3.71. The van der Waals surface area contributed by atoms with Crippen molar-refractivity contribution in [3.63, 3.8) is 0 Å². The Kier molecular flexibility index (Phi) is 2.87. The zero-order valence-electron chi connectivity index (χ0n) is 9.35. The Labute approximate surface area is 107 Å². The molecule has 0 unspecified atom stereocenters. The SMILES string of the molecule is N[C@@H](c1ccccc1)c1nc(-c2cncs2)no1. The molecule has 5 nitrogen and oxygen atoms in total. The molecule has 3 aromatic rings. The summed E-state index contributed by atoms with van der Waals surface area (Å²) in [6.07, 6.45) is 1.70. The number of benzene rings is 1. The van der Waals surface area contributed by atoms with E-state index in [0.717, 1.165) is 10.4 Å². The third-order valence-electron chi connectivity index (χ3n) is 2.52. The first-order chi connectivity index (χ1) is 8.84. The van der Waals surface area contributed by atoms with Gasteiger partial charge in [-0.15, -0.1) is 11.3 Å². The summed E-state index contributed by atoms with van der Waals surface area (Å²) in [6, 6.07) is 9.25. The first-order valence-electron chi connectivity index (χ1n) is 5.37. The van der Waals surface area contributed by atoms with Gasteiger partial charge in [0.2, 0.25) is 11.7 Å². The molecule has 0 aliphatic heterocycles. The van der Waals surface area contributed by atoms with Crippen LogP contribution in [0.3, 0.4) is 0 Å². The topological polar surface area (TPSA) is 77.8 Å². The molecule has 18 heavy (non-hydrogen) atoms. The predicted octanol–water partition coefficient (Wildman–Crippen LogP) is 2.24. The number of nitrogens with two attached hydrogens (primary N) is 1. The summed E-state index contributed by atoms with van der Waals surface area (Å²) >= 11 is 1.46. The molecule has 0 amide bonds. The van der Waals surface area contributed by atoms with Crippen LogP contribution in [0.2, 0.25) is 0 Å². The number of thiazole rings is 1. The quantitative estimate of drug-likeness (QED) is 0.779. The lowest BCUT2D eigenvalue weighted by Gasteiger charge is -2.05. The highest BCUT2D eigenvalue weighted by atomic mass is 32.1. The van der Waals surface area contributed by atoms with Gasteiger partial charge in [0.1, 0.15) is 6.04 Å². The van der Waals surface area contributed by atoms with Gasteiger partial charge in [-0.05, 0) is 5.56 Å². The zero-order valence-corrected chi connectivity index (χ0v) is 10.2. The van der Waals surface area contributed by atoms with Crippen molar-refractivity contribution in [3.05, 3.63) is 53.5 Å². The van der Waals surface area contributed by atoms with Crippen LogP contribution in [-0.2, 0) is 0 Å². The number of nitrogens with zero attached hydrogens (tertiary/aromatic N) is 3. The number of aromatic nitrogens is 3. The van der Waals surface area contributed by atoms with Crippen LogP contribution in [0.5, 0.6) is 0 Å². The Balaban J connectivity index is 1.90. The van der Waals surface area contributed by atoms with Gasteiger partial charge in [-0.25, -0.2) is 0 Å². The molecule has 0 radical (unpaired) electrons. The molecule has 0 aliphatic carbocycles. The van der Waals surface area contributed by atoms with E-state index in [1.54, 1.807) is 11.7 Å². The van der Waals surface area contributed by atoms with Gasteiger partial charge in [0.25, 0.3) is 0 Å². The van der Waals surface area contributed by atoms with Gasteiger partial charge in [0, 0.05) is 6.20 Å². The highest BCUT2D eigenvalue weighted by Crippen LogP contribution is 2.23. The second-order valence-corrected chi connectivity index (χ2v) is 4.60. The third kappa shape index (κ3) is 2.03. The van der Waals surface area contributed by atoms with Crippen molar-refractivity contribution in [1.82, 2.24) is 15.1 Å². The van der Waals surface area contributed by atoms with Crippen molar-refractivity contribution in [2.75, 3.05) is 0 Å².